The van der Waals surface area contributed by atoms with Gasteiger partial charge < -0.3 is 24.1 Å². The number of non-ortho nitro benzene ring substituents is 1. The number of rotatable bonds is 8. The summed E-state index contributed by atoms with van der Waals surface area (Å²) in [7, 11) is 4.46. The van der Waals surface area contributed by atoms with Crippen LogP contribution in [0.1, 0.15) is 12.5 Å². The van der Waals surface area contributed by atoms with Gasteiger partial charge in [0.1, 0.15) is 16.4 Å². The summed E-state index contributed by atoms with van der Waals surface area (Å²) in [6.45, 7) is 1.75. The molecule has 0 amide bonds. The van der Waals surface area contributed by atoms with Crippen molar-refractivity contribution >= 4 is 40.2 Å². The monoisotopic (exact) mass is 486 g/mol. The van der Waals surface area contributed by atoms with Crippen molar-refractivity contribution in [1.82, 2.24) is 0 Å². The zero-order valence-electron chi connectivity index (χ0n) is 18.9. The maximum absolute atomic E-state index is 12.6. The highest BCUT2D eigenvalue weighted by Gasteiger charge is 2.33. The van der Waals surface area contributed by atoms with Crippen LogP contribution in [0.4, 0.5) is 11.4 Å². The van der Waals surface area contributed by atoms with Gasteiger partial charge in [0, 0.05) is 17.7 Å². The van der Waals surface area contributed by atoms with Crippen molar-refractivity contribution < 1.29 is 33.8 Å². The Balaban J connectivity index is 2.09. The molecule has 0 aromatic heterocycles. The second-order valence-electron chi connectivity index (χ2n) is 6.67. The van der Waals surface area contributed by atoms with Crippen molar-refractivity contribution in [3.05, 3.63) is 68.3 Å². The predicted molar refractivity (Wildman–Crippen MR) is 128 cm³/mol. The van der Waals surface area contributed by atoms with Gasteiger partial charge in [0.2, 0.25) is 5.75 Å². The Morgan fingerprint density at radius 3 is 2.32 bits per heavy atom. The van der Waals surface area contributed by atoms with Gasteiger partial charge in [0.05, 0.1) is 43.5 Å². The van der Waals surface area contributed by atoms with E-state index < -0.39 is 10.9 Å². The molecule has 1 aliphatic heterocycles. The van der Waals surface area contributed by atoms with Gasteiger partial charge in [-0.2, -0.15) is 0 Å². The number of nitrogens with zero attached hydrogens (tertiary/aromatic N) is 2. The number of esters is 1. The predicted octanol–water partition coefficient (Wildman–Crippen LogP) is 4.81. The average Bonchev–Trinajstić information content (AvgIpc) is 3.13. The van der Waals surface area contributed by atoms with E-state index in [4.69, 9.17) is 18.9 Å². The number of nitro groups is 1. The van der Waals surface area contributed by atoms with Crippen molar-refractivity contribution in [2.75, 3.05) is 27.9 Å². The first kappa shape index (κ1) is 24.6. The first-order valence-electron chi connectivity index (χ1n) is 9.97. The standard InChI is InChI=1S/C23H22N2O8S/c1-5-33-23(27)18-19(26)17(12-13-6-11-16(30-2)21(32-4)20(13)31-3)34-22(18)24-14-7-9-15(10-8-14)25(28)29/h6-12,26H,5H2,1-4H3/b17-12-,24-22?. The SMILES string of the molecule is CCOC(=O)C1=C(O)/C(=C/c2ccc(OC)c(OC)c2OC)SC1=Nc1ccc([N+](=O)[O-])cc1. The highest BCUT2D eigenvalue weighted by Crippen LogP contribution is 2.44. The van der Waals surface area contributed by atoms with Gasteiger partial charge in [-0.1, -0.05) is 11.8 Å². The number of benzene rings is 2. The molecule has 3 rings (SSSR count). The zero-order chi connectivity index (χ0) is 24.8. The summed E-state index contributed by atoms with van der Waals surface area (Å²) < 4.78 is 21.3. The van der Waals surface area contributed by atoms with Crippen LogP contribution >= 0.6 is 11.8 Å². The third kappa shape index (κ3) is 4.99. The number of aliphatic hydroxyl groups is 1. The van der Waals surface area contributed by atoms with E-state index in [0.717, 1.165) is 11.8 Å². The molecule has 0 unspecified atom stereocenters. The zero-order valence-corrected chi connectivity index (χ0v) is 19.7. The minimum absolute atomic E-state index is 0.0897. The van der Waals surface area contributed by atoms with E-state index in [9.17, 15) is 20.0 Å². The summed E-state index contributed by atoms with van der Waals surface area (Å²) in [5, 5.41) is 22.0. The van der Waals surface area contributed by atoms with Gasteiger partial charge in [0.15, 0.2) is 11.5 Å². The van der Waals surface area contributed by atoms with Crippen LogP contribution in [0.3, 0.4) is 0 Å². The molecule has 10 nitrogen and oxygen atoms in total. The molecule has 0 spiro atoms. The lowest BCUT2D eigenvalue weighted by Gasteiger charge is -2.14. The van der Waals surface area contributed by atoms with Crippen molar-refractivity contribution in [2.24, 2.45) is 4.99 Å². The summed E-state index contributed by atoms with van der Waals surface area (Å²) >= 11 is 1.05. The number of aliphatic hydroxyl groups excluding tert-OH is 1. The molecular weight excluding hydrogens is 464 g/mol. The van der Waals surface area contributed by atoms with Crippen molar-refractivity contribution in [2.45, 2.75) is 6.92 Å². The number of ether oxygens (including phenoxy) is 4. The maximum atomic E-state index is 12.6. The number of hydrogen-bond acceptors (Lipinski definition) is 10. The molecule has 34 heavy (non-hydrogen) atoms. The molecule has 0 atom stereocenters. The fraction of sp³-hybridized carbons (Fsp3) is 0.217. The molecule has 2 aromatic rings. The molecule has 178 valence electrons. The fourth-order valence-electron chi connectivity index (χ4n) is 3.14. The largest absolute Gasteiger partial charge is 0.506 e. The number of thioether (sulfide) groups is 1. The van der Waals surface area contributed by atoms with Crippen LogP contribution in [-0.2, 0) is 9.53 Å². The maximum Gasteiger partial charge on any atom is 0.344 e. The van der Waals surface area contributed by atoms with Crippen LogP contribution in [0, 0.1) is 10.1 Å². The van der Waals surface area contributed by atoms with Crippen molar-refractivity contribution in [3.63, 3.8) is 0 Å². The molecule has 1 aliphatic rings. The van der Waals surface area contributed by atoms with E-state index in [1.54, 1.807) is 25.1 Å². The van der Waals surface area contributed by atoms with E-state index in [0.29, 0.717) is 33.4 Å². The molecule has 1 N–H and O–H groups in total. The first-order valence-corrected chi connectivity index (χ1v) is 10.8. The number of hydrogen-bond donors (Lipinski definition) is 1. The second kappa shape index (κ2) is 10.8. The molecule has 0 radical (unpaired) electrons. The molecular formula is C23H22N2O8S. The molecule has 1 heterocycles. The summed E-state index contributed by atoms with van der Waals surface area (Å²) in [5.74, 6) is 0.169. The van der Waals surface area contributed by atoms with Crippen LogP contribution in [-0.4, -0.2) is 49.0 Å². The smallest absolute Gasteiger partial charge is 0.344 e. The van der Waals surface area contributed by atoms with E-state index in [1.807, 2.05) is 0 Å². The van der Waals surface area contributed by atoms with Gasteiger partial charge in [-0.05, 0) is 37.3 Å². The van der Waals surface area contributed by atoms with Crippen LogP contribution in [0.5, 0.6) is 17.2 Å². The van der Waals surface area contributed by atoms with Gasteiger partial charge >= 0.3 is 5.97 Å². The van der Waals surface area contributed by atoms with Gasteiger partial charge in [-0.25, -0.2) is 9.79 Å². The number of methoxy groups -OCH3 is 3. The molecule has 0 aliphatic carbocycles. The van der Waals surface area contributed by atoms with Crippen molar-refractivity contribution in [1.29, 1.82) is 0 Å². The highest BCUT2D eigenvalue weighted by atomic mass is 32.2. The Hall–Kier alpha value is -3.99. The lowest BCUT2D eigenvalue weighted by molar-refractivity contribution is -0.384. The number of aliphatic imine (C=N–C) groups is 1. The van der Waals surface area contributed by atoms with E-state index in [-0.39, 0.29) is 28.7 Å². The Morgan fingerprint density at radius 1 is 1.09 bits per heavy atom. The van der Waals surface area contributed by atoms with Crippen molar-refractivity contribution in [3.8, 4) is 17.2 Å². The minimum atomic E-state index is -0.740. The minimum Gasteiger partial charge on any atom is -0.506 e. The quantitative estimate of drug-likeness (QED) is 0.317. The summed E-state index contributed by atoms with van der Waals surface area (Å²) in [6, 6.07) is 8.91. The average molecular weight is 487 g/mol. The van der Waals surface area contributed by atoms with E-state index in [1.165, 1.54) is 45.6 Å². The van der Waals surface area contributed by atoms with E-state index >= 15 is 0 Å². The Morgan fingerprint density at radius 2 is 1.76 bits per heavy atom. The van der Waals surface area contributed by atoms with Gasteiger partial charge in [0.25, 0.3) is 5.69 Å². The summed E-state index contributed by atoms with van der Waals surface area (Å²) in [6.07, 6.45) is 1.62. The Kier molecular flexibility index (Phi) is 7.79. The molecule has 0 saturated carbocycles. The topological polar surface area (TPSA) is 130 Å². The first-order chi connectivity index (χ1) is 16.3. The third-order valence-corrected chi connectivity index (χ3v) is 5.70. The molecule has 0 saturated heterocycles. The van der Waals surface area contributed by atoms with Crippen LogP contribution in [0.15, 0.2) is 57.6 Å². The molecule has 11 heteroatoms. The molecule has 0 fully saturated rings. The normalized spacial score (nSPS) is 15.5. The lowest BCUT2D eigenvalue weighted by atomic mass is 10.1. The van der Waals surface area contributed by atoms with E-state index in [2.05, 4.69) is 4.99 Å². The highest BCUT2D eigenvalue weighted by molar-refractivity contribution is 8.18. The lowest BCUT2D eigenvalue weighted by Crippen LogP contribution is -2.12. The van der Waals surface area contributed by atoms with Crippen LogP contribution < -0.4 is 14.2 Å². The summed E-state index contributed by atoms with van der Waals surface area (Å²) in [5.41, 5.74) is 0.741. The van der Waals surface area contributed by atoms with Gasteiger partial charge in [-0.15, -0.1) is 0 Å². The third-order valence-electron chi connectivity index (χ3n) is 4.68. The number of nitro benzene ring substituents is 1. The molecule has 0 bridgehead atoms. The summed E-state index contributed by atoms with van der Waals surface area (Å²) in [4.78, 5) is 27.7. The Labute approximate surface area is 199 Å². The number of carbonyl (C=O) groups is 1. The molecule has 2 aromatic carbocycles. The fourth-order valence-corrected chi connectivity index (χ4v) is 4.16. The second-order valence-corrected chi connectivity index (χ2v) is 7.70. The van der Waals surface area contributed by atoms with Gasteiger partial charge in [-0.3, -0.25) is 10.1 Å². The van der Waals surface area contributed by atoms with Crippen LogP contribution in [0.25, 0.3) is 6.08 Å². The van der Waals surface area contributed by atoms with Crippen LogP contribution in [0.2, 0.25) is 0 Å². The Bertz CT molecular complexity index is 1200. The number of carbonyl (C=O) groups excluding carboxylic acids is 1.